The Labute approximate surface area is 126 Å². The number of aromatic carboxylic acids is 1. The summed E-state index contributed by atoms with van der Waals surface area (Å²) in [7, 11) is 3.00. The summed E-state index contributed by atoms with van der Waals surface area (Å²) in [5, 5.41) is 9.08. The lowest BCUT2D eigenvalue weighted by molar-refractivity contribution is 0.0695. The van der Waals surface area contributed by atoms with Crippen molar-refractivity contribution < 1.29 is 19.0 Å². The molecule has 0 saturated heterocycles. The van der Waals surface area contributed by atoms with E-state index in [9.17, 15) is 14.0 Å². The Morgan fingerprint density at radius 2 is 1.95 bits per heavy atom. The summed E-state index contributed by atoms with van der Waals surface area (Å²) in [4.78, 5) is 23.4. The zero-order valence-electron chi connectivity index (χ0n) is 13.2. The molecule has 1 aromatic carbocycles. The number of carbonyl (C=O) groups is 1. The van der Waals surface area contributed by atoms with Crippen molar-refractivity contribution in [2.24, 2.45) is 7.05 Å². The van der Waals surface area contributed by atoms with E-state index in [2.05, 4.69) is 0 Å². The van der Waals surface area contributed by atoms with Gasteiger partial charge in [0.1, 0.15) is 17.1 Å². The molecule has 2 aromatic rings. The molecule has 0 radical (unpaired) electrons. The number of hydrogen-bond donors (Lipinski definition) is 1. The SMILES string of the molecule is COc1c(C(C)(C)C)c(F)cc2c(=O)c(C(=O)O)cn(C)c12. The maximum absolute atomic E-state index is 14.5. The molecule has 1 aromatic heterocycles. The standard InChI is InChI=1S/C16H18FNO4/c1-16(2,3)11-10(17)6-8-12(14(11)22-5)18(4)7-9(13(8)19)15(20)21/h6-7H,1-5H3,(H,20,21). The highest BCUT2D eigenvalue weighted by Crippen LogP contribution is 2.38. The normalized spacial score (nSPS) is 11.7. The van der Waals surface area contributed by atoms with Crippen molar-refractivity contribution in [2.45, 2.75) is 26.2 Å². The number of fused-ring (bicyclic) bond motifs is 1. The first-order valence-corrected chi connectivity index (χ1v) is 6.73. The van der Waals surface area contributed by atoms with Crippen LogP contribution >= 0.6 is 0 Å². The maximum Gasteiger partial charge on any atom is 0.341 e. The third-order valence-corrected chi connectivity index (χ3v) is 3.56. The molecule has 0 aliphatic rings. The van der Waals surface area contributed by atoms with Gasteiger partial charge in [0.15, 0.2) is 0 Å². The summed E-state index contributed by atoms with van der Waals surface area (Å²) in [6, 6.07) is 1.09. The number of aromatic nitrogens is 1. The molecule has 0 saturated carbocycles. The van der Waals surface area contributed by atoms with Crippen LogP contribution in [0.2, 0.25) is 0 Å². The fourth-order valence-corrected chi connectivity index (χ4v) is 2.65. The third kappa shape index (κ3) is 2.34. The first-order chi connectivity index (χ1) is 10.1. The van der Waals surface area contributed by atoms with Gasteiger partial charge in [0, 0.05) is 18.8 Å². The van der Waals surface area contributed by atoms with Gasteiger partial charge in [-0.05, 0) is 11.5 Å². The number of aryl methyl sites for hydroxylation is 1. The largest absolute Gasteiger partial charge is 0.494 e. The zero-order valence-corrected chi connectivity index (χ0v) is 13.2. The van der Waals surface area contributed by atoms with E-state index in [1.807, 2.05) is 20.8 Å². The first kappa shape index (κ1) is 16.0. The molecule has 5 nitrogen and oxygen atoms in total. The number of nitrogens with zero attached hydrogens (tertiary/aromatic N) is 1. The second-order valence-electron chi connectivity index (χ2n) is 6.20. The summed E-state index contributed by atoms with van der Waals surface area (Å²) < 4.78 is 21.4. The second-order valence-corrected chi connectivity index (χ2v) is 6.20. The van der Waals surface area contributed by atoms with Crippen LogP contribution in [0.3, 0.4) is 0 Å². The van der Waals surface area contributed by atoms with Crippen LogP contribution in [-0.2, 0) is 12.5 Å². The Bertz CT molecular complexity index is 831. The van der Waals surface area contributed by atoms with E-state index in [1.165, 1.54) is 17.9 Å². The molecule has 1 heterocycles. The Kier molecular flexibility index (Phi) is 3.73. The van der Waals surface area contributed by atoms with E-state index in [-0.39, 0.29) is 11.1 Å². The maximum atomic E-state index is 14.5. The van der Waals surface area contributed by atoms with Gasteiger partial charge in [0.25, 0.3) is 0 Å². The van der Waals surface area contributed by atoms with Crippen LogP contribution in [0.25, 0.3) is 10.9 Å². The molecule has 0 aliphatic heterocycles. The number of carboxylic acid groups (broad SMARTS) is 1. The van der Waals surface area contributed by atoms with Gasteiger partial charge in [-0.25, -0.2) is 9.18 Å². The molecule has 0 fully saturated rings. The van der Waals surface area contributed by atoms with E-state index >= 15 is 0 Å². The predicted molar refractivity (Wildman–Crippen MR) is 81.4 cm³/mol. The number of ether oxygens (including phenoxy) is 1. The molecule has 2 rings (SSSR count). The molecule has 0 atom stereocenters. The van der Waals surface area contributed by atoms with Gasteiger partial charge in [-0.1, -0.05) is 20.8 Å². The van der Waals surface area contributed by atoms with Gasteiger partial charge in [-0.3, -0.25) is 4.79 Å². The van der Waals surface area contributed by atoms with Gasteiger partial charge in [0.05, 0.1) is 18.0 Å². The number of halogens is 1. The molecule has 0 spiro atoms. The average molecular weight is 307 g/mol. The highest BCUT2D eigenvalue weighted by Gasteiger charge is 2.28. The monoisotopic (exact) mass is 307 g/mol. The summed E-state index contributed by atoms with van der Waals surface area (Å²) in [5.74, 6) is -1.68. The fourth-order valence-electron chi connectivity index (χ4n) is 2.65. The summed E-state index contributed by atoms with van der Waals surface area (Å²) in [6.07, 6.45) is 1.22. The molecule has 0 bridgehead atoms. The quantitative estimate of drug-likeness (QED) is 0.926. The lowest BCUT2D eigenvalue weighted by atomic mass is 9.85. The van der Waals surface area contributed by atoms with Crippen molar-refractivity contribution in [3.63, 3.8) is 0 Å². The first-order valence-electron chi connectivity index (χ1n) is 6.73. The molecule has 0 amide bonds. The number of methoxy groups -OCH3 is 1. The van der Waals surface area contributed by atoms with E-state index < -0.39 is 28.2 Å². The predicted octanol–water partition coefficient (Wildman–Crippen LogP) is 2.68. The van der Waals surface area contributed by atoms with E-state index in [0.29, 0.717) is 11.1 Å². The van der Waals surface area contributed by atoms with Crippen molar-refractivity contribution in [3.8, 4) is 5.75 Å². The Morgan fingerprint density at radius 3 is 2.41 bits per heavy atom. The molecule has 118 valence electrons. The fraction of sp³-hybridized carbons (Fsp3) is 0.375. The van der Waals surface area contributed by atoms with Crippen LogP contribution < -0.4 is 10.2 Å². The lowest BCUT2D eigenvalue weighted by Crippen LogP contribution is -2.21. The molecule has 6 heteroatoms. The Hall–Kier alpha value is -2.37. The molecular formula is C16H18FNO4. The Morgan fingerprint density at radius 1 is 1.36 bits per heavy atom. The van der Waals surface area contributed by atoms with Crippen LogP contribution in [0.4, 0.5) is 4.39 Å². The van der Waals surface area contributed by atoms with Crippen LogP contribution in [0.1, 0.15) is 36.7 Å². The van der Waals surface area contributed by atoms with Gasteiger partial charge in [-0.15, -0.1) is 0 Å². The van der Waals surface area contributed by atoms with Gasteiger partial charge >= 0.3 is 5.97 Å². The number of carboxylic acids is 1. The molecule has 0 unspecified atom stereocenters. The minimum atomic E-state index is -1.35. The minimum absolute atomic E-state index is 0.00949. The molecular weight excluding hydrogens is 289 g/mol. The van der Waals surface area contributed by atoms with E-state index in [4.69, 9.17) is 9.84 Å². The Balaban J connectivity index is 3.09. The number of benzene rings is 1. The topological polar surface area (TPSA) is 68.5 Å². The molecule has 0 aliphatic carbocycles. The van der Waals surface area contributed by atoms with Crippen molar-refractivity contribution in [1.29, 1.82) is 0 Å². The minimum Gasteiger partial charge on any atom is -0.494 e. The van der Waals surface area contributed by atoms with E-state index in [0.717, 1.165) is 6.07 Å². The van der Waals surface area contributed by atoms with Crippen molar-refractivity contribution in [1.82, 2.24) is 4.57 Å². The number of rotatable bonds is 2. The summed E-state index contributed by atoms with van der Waals surface area (Å²) in [5.41, 5.74) is -0.937. The third-order valence-electron chi connectivity index (χ3n) is 3.56. The van der Waals surface area contributed by atoms with Crippen molar-refractivity contribution in [3.05, 3.63) is 39.4 Å². The highest BCUT2D eigenvalue weighted by molar-refractivity contribution is 5.95. The smallest absolute Gasteiger partial charge is 0.341 e. The lowest BCUT2D eigenvalue weighted by Gasteiger charge is -2.24. The number of pyridine rings is 1. The van der Waals surface area contributed by atoms with Crippen molar-refractivity contribution in [2.75, 3.05) is 7.11 Å². The van der Waals surface area contributed by atoms with Gasteiger partial charge < -0.3 is 14.4 Å². The molecule has 1 N–H and O–H groups in total. The zero-order chi connectivity index (χ0) is 16.8. The van der Waals surface area contributed by atoms with E-state index in [1.54, 1.807) is 7.05 Å². The van der Waals surface area contributed by atoms with Gasteiger partial charge in [0.2, 0.25) is 5.43 Å². The second kappa shape index (κ2) is 5.12. The van der Waals surface area contributed by atoms with Crippen molar-refractivity contribution >= 4 is 16.9 Å². The number of hydrogen-bond acceptors (Lipinski definition) is 3. The highest BCUT2D eigenvalue weighted by atomic mass is 19.1. The van der Waals surface area contributed by atoms with Crippen LogP contribution in [0.5, 0.6) is 5.75 Å². The van der Waals surface area contributed by atoms with Crippen LogP contribution in [-0.4, -0.2) is 22.8 Å². The van der Waals surface area contributed by atoms with Crippen LogP contribution in [0.15, 0.2) is 17.1 Å². The summed E-state index contributed by atoms with van der Waals surface area (Å²) >= 11 is 0. The average Bonchev–Trinajstić information content (AvgIpc) is 2.39. The van der Waals surface area contributed by atoms with Crippen LogP contribution in [0, 0.1) is 5.82 Å². The summed E-state index contributed by atoms with van der Waals surface area (Å²) in [6.45, 7) is 5.51. The molecule has 22 heavy (non-hydrogen) atoms. The van der Waals surface area contributed by atoms with Gasteiger partial charge in [-0.2, -0.15) is 0 Å².